The standard InChI is InChI=1S/C19H24N2O3S/c1-2-14-7-9-15(10-8-14)19-21-16(13-25-19)12-17(22)20-11-5-3-4-6-18(23)24/h7-10,13H,2-6,11-12H2,1H3,(H,20,22)(H,23,24). The number of thiazole rings is 1. The van der Waals surface area contributed by atoms with Gasteiger partial charge in [0, 0.05) is 23.9 Å². The summed E-state index contributed by atoms with van der Waals surface area (Å²) in [5, 5.41) is 14.3. The molecule has 0 fully saturated rings. The second kappa shape index (κ2) is 9.93. The zero-order valence-electron chi connectivity index (χ0n) is 14.5. The number of carbonyl (C=O) groups excluding carboxylic acids is 1. The summed E-state index contributed by atoms with van der Waals surface area (Å²) in [6.45, 7) is 2.70. The van der Waals surface area contributed by atoms with Crippen LogP contribution in [0.25, 0.3) is 10.6 Å². The summed E-state index contributed by atoms with van der Waals surface area (Å²) in [6.07, 6.45) is 3.73. The maximum Gasteiger partial charge on any atom is 0.303 e. The highest BCUT2D eigenvalue weighted by Gasteiger charge is 2.09. The summed E-state index contributed by atoms with van der Waals surface area (Å²) in [6, 6.07) is 8.35. The van der Waals surface area contributed by atoms with Gasteiger partial charge in [0.1, 0.15) is 5.01 Å². The van der Waals surface area contributed by atoms with E-state index in [9.17, 15) is 9.59 Å². The predicted molar refractivity (Wildman–Crippen MR) is 99.7 cm³/mol. The van der Waals surface area contributed by atoms with Crippen molar-refractivity contribution in [2.75, 3.05) is 6.54 Å². The van der Waals surface area contributed by atoms with Crippen LogP contribution in [0.15, 0.2) is 29.6 Å². The molecule has 1 heterocycles. The highest BCUT2D eigenvalue weighted by Crippen LogP contribution is 2.24. The molecule has 2 rings (SSSR count). The lowest BCUT2D eigenvalue weighted by Crippen LogP contribution is -2.26. The monoisotopic (exact) mass is 360 g/mol. The Morgan fingerprint density at radius 3 is 2.60 bits per heavy atom. The summed E-state index contributed by atoms with van der Waals surface area (Å²) in [5.74, 6) is -0.816. The first-order valence-electron chi connectivity index (χ1n) is 8.60. The molecular formula is C19H24N2O3S. The number of carbonyl (C=O) groups is 2. The van der Waals surface area contributed by atoms with Gasteiger partial charge in [-0.15, -0.1) is 11.3 Å². The van der Waals surface area contributed by atoms with Gasteiger partial charge >= 0.3 is 5.97 Å². The topological polar surface area (TPSA) is 79.3 Å². The van der Waals surface area contributed by atoms with E-state index in [1.807, 2.05) is 5.38 Å². The number of carboxylic acids is 1. The molecule has 0 radical (unpaired) electrons. The summed E-state index contributed by atoms with van der Waals surface area (Å²) in [4.78, 5) is 26.9. The maximum absolute atomic E-state index is 11.9. The molecule has 0 saturated carbocycles. The molecule has 2 aromatic rings. The van der Waals surface area contributed by atoms with Crippen LogP contribution in [0.3, 0.4) is 0 Å². The Morgan fingerprint density at radius 2 is 1.92 bits per heavy atom. The number of aliphatic carboxylic acids is 1. The predicted octanol–water partition coefficient (Wildman–Crippen LogP) is 3.68. The highest BCUT2D eigenvalue weighted by atomic mass is 32.1. The minimum Gasteiger partial charge on any atom is -0.481 e. The molecule has 1 amide bonds. The number of hydrogen-bond acceptors (Lipinski definition) is 4. The number of hydrogen-bond donors (Lipinski definition) is 2. The van der Waals surface area contributed by atoms with Gasteiger partial charge in [0.15, 0.2) is 0 Å². The molecule has 0 aliphatic heterocycles. The number of aryl methyl sites for hydroxylation is 1. The summed E-state index contributed by atoms with van der Waals surface area (Å²) < 4.78 is 0. The Hall–Kier alpha value is -2.21. The molecule has 5 nitrogen and oxygen atoms in total. The number of aromatic nitrogens is 1. The zero-order valence-corrected chi connectivity index (χ0v) is 15.3. The number of rotatable bonds is 10. The van der Waals surface area contributed by atoms with Crippen LogP contribution in [-0.4, -0.2) is 28.5 Å². The van der Waals surface area contributed by atoms with Crippen molar-refractivity contribution in [2.45, 2.75) is 45.4 Å². The van der Waals surface area contributed by atoms with Crippen LogP contribution in [0.2, 0.25) is 0 Å². The van der Waals surface area contributed by atoms with Gasteiger partial charge in [-0.3, -0.25) is 9.59 Å². The van der Waals surface area contributed by atoms with E-state index >= 15 is 0 Å². The summed E-state index contributed by atoms with van der Waals surface area (Å²) in [5.41, 5.74) is 3.15. The van der Waals surface area contributed by atoms with E-state index in [0.29, 0.717) is 13.0 Å². The third-order valence-corrected chi connectivity index (χ3v) is 4.83. The van der Waals surface area contributed by atoms with Crippen LogP contribution in [0.4, 0.5) is 0 Å². The first kappa shape index (κ1) is 19.1. The van der Waals surface area contributed by atoms with E-state index in [1.165, 1.54) is 5.56 Å². The third-order valence-electron chi connectivity index (χ3n) is 3.89. The van der Waals surface area contributed by atoms with Crippen LogP contribution >= 0.6 is 11.3 Å². The molecule has 6 heteroatoms. The second-order valence-corrected chi connectivity index (χ2v) is 6.78. The van der Waals surface area contributed by atoms with E-state index in [4.69, 9.17) is 5.11 Å². The number of benzene rings is 1. The molecule has 0 spiro atoms. The van der Waals surface area contributed by atoms with E-state index in [2.05, 4.69) is 41.5 Å². The second-order valence-electron chi connectivity index (χ2n) is 5.93. The first-order valence-corrected chi connectivity index (χ1v) is 9.48. The van der Waals surface area contributed by atoms with Gasteiger partial charge in [-0.1, -0.05) is 37.6 Å². The normalized spacial score (nSPS) is 10.6. The zero-order chi connectivity index (χ0) is 18.1. The lowest BCUT2D eigenvalue weighted by atomic mass is 10.1. The summed E-state index contributed by atoms with van der Waals surface area (Å²) >= 11 is 1.55. The van der Waals surface area contributed by atoms with Gasteiger partial charge in [0.05, 0.1) is 12.1 Å². The fraction of sp³-hybridized carbons (Fsp3) is 0.421. The number of nitrogens with one attached hydrogen (secondary N) is 1. The molecule has 134 valence electrons. The molecule has 0 atom stereocenters. The minimum absolute atomic E-state index is 0.0450. The molecule has 0 saturated heterocycles. The summed E-state index contributed by atoms with van der Waals surface area (Å²) in [7, 11) is 0. The highest BCUT2D eigenvalue weighted by molar-refractivity contribution is 7.13. The Labute approximate surface area is 152 Å². The average Bonchev–Trinajstić information content (AvgIpc) is 3.06. The molecule has 0 aliphatic carbocycles. The Kier molecular flexibility index (Phi) is 7.60. The van der Waals surface area contributed by atoms with Gasteiger partial charge < -0.3 is 10.4 Å². The van der Waals surface area contributed by atoms with Crippen LogP contribution < -0.4 is 5.32 Å². The third kappa shape index (κ3) is 6.66. The first-order chi connectivity index (χ1) is 12.1. The van der Waals surface area contributed by atoms with Crippen molar-refractivity contribution < 1.29 is 14.7 Å². The molecular weight excluding hydrogens is 336 g/mol. The smallest absolute Gasteiger partial charge is 0.303 e. The lowest BCUT2D eigenvalue weighted by Gasteiger charge is -2.03. The largest absolute Gasteiger partial charge is 0.481 e. The van der Waals surface area contributed by atoms with Gasteiger partial charge in [-0.05, 0) is 24.8 Å². The van der Waals surface area contributed by atoms with Crippen LogP contribution in [0, 0.1) is 0 Å². The number of amides is 1. The van der Waals surface area contributed by atoms with Crippen molar-refractivity contribution in [1.82, 2.24) is 10.3 Å². The van der Waals surface area contributed by atoms with Crippen LogP contribution in [-0.2, 0) is 22.4 Å². The van der Waals surface area contributed by atoms with Crippen molar-refractivity contribution >= 4 is 23.2 Å². The van der Waals surface area contributed by atoms with E-state index in [0.717, 1.165) is 35.5 Å². The van der Waals surface area contributed by atoms with Gasteiger partial charge in [0.2, 0.25) is 5.91 Å². The average molecular weight is 360 g/mol. The Bertz CT molecular complexity index is 695. The lowest BCUT2D eigenvalue weighted by molar-refractivity contribution is -0.137. The number of unbranched alkanes of at least 4 members (excludes halogenated alkanes) is 2. The molecule has 0 aliphatic rings. The van der Waals surface area contributed by atoms with Crippen molar-refractivity contribution in [3.63, 3.8) is 0 Å². The van der Waals surface area contributed by atoms with Crippen molar-refractivity contribution in [1.29, 1.82) is 0 Å². The van der Waals surface area contributed by atoms with E-state index in [-0.39, 0.29) is 18.7 Å². The Balaban J connectivity index is 1.74. The fourth-order valence-electron chi connectivity index (χ4n) is 2.44. The van der Waals surface area contributed by atoms with Crippen molar-refractivity contribution in [3.05, 3.63) is 40.9 Å². The molecule has 25 heavy (non-hydrogen) atoms. The molecule has 0 bridgehead atoms. The minimum atomic E-state index is -0.771. The van der Waals surface area contributed by atoms with Crippen molar-refractivity contribution in [3.8, 4) is 10.6 Å². The number of carboxylic acid groups (broad SMARTS) is 1. The number of nitrogens with zero attached hydrogens (tertiary/aromatic N) is 1. The quantitative estimate of drug-likeness (QED) is 0.634. The Morgan fingerprint density at radius 1 is 1.16 bits per heavy atom. The van der Waals surface area contributed by atoms with Crippen molar-refractivity contribution in [2.24, 2.45) is 0 Å². The van der Waals surface area contributed by atoms with Crippen LogP contribution in [0.1, 0.15) is 43.9 Å². The van der Waals surface area contributed by atoms with Gasteiger partial charge in [0.25, 0.3) is 0 Å². The van der Waals surface area contributed by atoms with E-state index in [1.54, 1.807) is 11.3 Å². The van der Waals surface area contributed by atoms with Gasteiger partial charge in [-0.2, -0.15) is 0 Å². The molecule has 1 aromatic carbocycles. The van der Waals surface area contributed by atoms with E-state index < -0.39 is 5.97 Å². The molecule has 1 aromatic heterocycles. The fourth-order valence-corrected chi connectivity index (χ4v) is 3.26. The maximum atomic E-state index is 11.9. The SMILES string of the molecule is CCc1ccc(-c2nc(CC(=O)NCCCCCC(=O)O)cs2)cc1. The van der Waals surface area contributed by atoms with Crippen LogP contribution in [0.5, 0.6) is 0 Å². The molecule has 2 N–H and O–H groups in total. The van der Waals surface area contributed by atoms with Gasteiger partial charge in [-0.25, -0.2) is 4.98 Å². The molecule has 0 unspecified atom stereocenters.